The van der Waals surface area contributed by atoms with E-state index in [4.69, 9.17) is 11.6 Å². The zero-order valence-electron chi connectivity index (χ0n) is 10.8. The first-order valence-electron chi connectivity index (χ1n) is 6.46. The Morgan fingerprint density at radius 1 is 0.952 bits per heavy atom. The quantitative estimate of drug-likeness (QED) is 0.549. The lowest BCUT2D eigenvalue weighted by Gasteiger charge is -2.17. The highest BCUT2D eigenvalue weighted by molar-refractivity contribution is 6.31. The van der Waals surface area contributed by atoms with Crippen molar-refractivity contribution in [2.24, 2.45) is 0 Å². The lowest BCUT2D eigenvalue weighted by Crippen LogP contribution is -2.21. The molecule has 0 spiro atoms. The molecule has 0 amide bonds. The van der Waals surface area contributed by atoms with Gasteiger partial charge in [0, 0.05) is 16.7 Å². The van der Waals surface area contributed by atoms with Gasteiger partial charge < -0.3 is 4.98 Å². The van der Waals surface area contributed by atoms with Crippen LogP contribution in [0.25, 0.3) is 11.0 Å². The van der Waals surface area contributed by atoms with Crippen molar-refractivity contribution in [3.63, 3.8) is 0 Å². The summed E-state index contributed by atoms with van der Waals surface area (Å²) in [7, 11) is 0. The van der Waals surface area contributed by atoms with Gasteiger partial charge in [-0.15, -0.1) is 11.6 Å². The predicted molar refractivity (Wildman–Crippen MR) is 79.0 cm³/mol. The lowest BCUT2D eigenvalue weighted by atomic mass is 9.83. The van der Waals surface area contributed by atoms with Crippen LogP contribution in [0.1, 0.15) is 37.7 Å². The van der Waals surface area contributed by atoms with Crippen LogP contribution >= 0.6 is 11.6 Å². The molecule has 3 aromatic rings. The van der Waals surface area contributed by atoms with E-state index in [9.17, 15) is 9.59 Å². The van der Waals surface area contributed by atoms with E-state index >= 15 is 0 Å². The van der Waals surface area contributed by atoms with Crippen LogP contribution in [0.3, 0.4) is 0 Å². The molecular weight excluding hydrogens is 288 g/mol. The van der Waals surface area contributed by atoms with Crippen LogP contribution in [-0.2, 0) is 5.88 Å². The average molecular weight is 297 g/mol. The van der Waals surface area contributed by atoms with Gasteiger partial charge >= 0.3 is 0 Å². The van der Waals surface area contributed by atoms with Gasteiger partial charge in [0.1, 0.15) is 11.3 Å². The number of H-pyrrole nitrogens is 1. The minimum Gasteiger partial charge on any atom is -0.341 e. The van der Waals surface area contributed by atoms with E-state index < -0.39 is 0 Å². The topological polar surface area (TPSA) is 62.8 Å². The molecule has 4 rings (SSSR count). The molecule has 0 bridgehead atoms. The molecule has 0 aliphatic heterocycles. The second kappa shape index (κ2) is 4.27. The summed E-state index contributed by atoms with van der Waals surface area (Å²) < 4.78 is 0. The zero-order valence-corrected chi connectivity index (χ0v) is 11.6. The molecule has 1 N–H and O–H groups in total. The van der Waals surface area contributed by atoms with E-state index in [-0.39, 0.29) is 17.4 Å². The Morgan fingerprint density at radius 2 is 1.67 bits per heavy atom. The maximum Gasteiger partial charge on any atom is 0.196 e. The second-order valence-corrected chi connectivity index (χ2v) is 5.17. The zero-order chi connectivity index (χ0) is 14.6. The third-order valence-electron chi connectivity index (χ3n) is 3.72. The minimum absolute atomic E-state index is 0.141. The van der Waals surface area contributed by atoms with Crippen molar-refractivity contribution >= 4 is 34.2 Å². The monoisotopic (exact) mass is 296 g/mol. The normalized spacial score (nSPS) is 13.4. The summed E-state index contributed by atoms with van der Waals surface area (Å²) in [5.41, 5.74) is 2.86. The van der Waals surface area contributed by atoms with Gasteiger partial charge in [-0.25, -0.2) is 4.98 Å². The Bertz CT molecular complexity index is 927. The minimum atomic E-state index is -0.168. The van der Waals surface area contributed by atoms with Crippen molar-refractivity contribution in [2.75, 3.05) is 0 Å². The van der Waals surface area contributed by atoms with Crippen LogP contribution in [0.4, 0.5) is 0 Å². The number of imidazole rings is 1. The molecule has 0 atom stereocenters. The van der Waals surface area contributed by atoms with Crippen molar-refractivity contribution in [3.05, 3.63) is 64.5 Å². The number of ketones is 2. The molecule has 0 saturated carbocycles. The van der Waals surface area contributed by atoms with Crippen molar-refractivity contribution < 1.29 is 9.59 Å². The highest BCUT2D eigenvalue weighted by Gasteiger charge is 2.31. The fraction of sp³-hybridized carbons (Fsp3) is 0.0625. The number of hydrogen-bond donors (Lipinski definition) is 1. The van der Waals surface area contributed by atoms with E-state index in [1.165, 1.54) is 0 Å². The van der Waals surface area contributed by atoms with Crippen LogP contribution in [0, 0.1) is 0 Å². The van der Waals surface area contributed by atoms with Crippen LogP contribution in [0.2, 0.25) is 0 Å². The fourth-order valence-electron chi connectivity index (χ4n) is 2.77. The van der Waals surface area contributed by atoms with Crippen molar-refractivity contribution in [1.29, 1.82) is 0 Å². The highest BCUT2D eigenvalue weighted by Crippen LogP contribution is 2.31. The van der Waals surface area contributed by atoms with Crippen LogP contribution in [0.15, 0.2) is 36.4 Å². The molecule has 0 unspecified atom stereocenters. The molecular formula is C16H9ClN2O2. The summed E-state index contributed by atoms with van der Waals surface area (Å²) in [4.78, 5) is 32.7. The van der Waals surface area contributed by atoms with Gasteiger partial charge in [-0.1, -0.05) is 24.3 Å². The molecule has 1 heterocycles. The number of aromatic nitrogens is 2. The first-order chi connectivity index (χ1) is 10.2. The summed E-state index contributed by atoms with van der Waals surface area (Å²) in [5.74, 6) is 0.498. The molecule has 5 heteroatoms. The highest BCUT2D eigenvalue weighted by atomic mass is 35.5. The van der Waals surface area contributed by atoms with Crippen LogP contribution in [0.5, 0.6) is 0 Å². The summed E-state index contributed by atoms with van der Waals surface area (Å²) in [6, 6.07) is 10.3. The number of halogens is 1. The number of aromatic amines is 1. The maximum atomic E-state index is 12.7. The Balaban J connectivity index is 2.08. The Labute approximate surface area is 124 Å². The molecule has 21 heavy (non-hydrogen) atoms. The SMILES string of the molecule is O=C1c2ccccc2C(=O)c2c1ccc1[nH]c(CCl)nc21. The summed E-state index contributed by atoms with van der Waals surface area (Å²) in [6.07, 6.45) is 0. The summed E-state index contributed by atoms with van der Waals surface area (Å²) in [5, 5.41) is 0. The number of nitrogens with one attached hydrogen (secondary N) is 1. The fourth-order valence-corrected chi connectivity index (χ4v) is 2.89. The number of carbonyl (C=O) groups excluding carboxylic acids is 2. The molecule has 102 valence electrons. The number of benzene rings is 2. The predicted octanol–water partition coefficient (Wildman–Crippen LogP) is 3.08. The van der Waals surface area contributed by atoms with Crippen molar-refractivity contribution in [2.45, 2.75) is 5.88 Å². The van der Waals surface area contributed by atoms with E-state index in [1.54, 1.807) is 36.4 Å². The smallest absolute Gasteiger partial charge is 0.196 e. The Kier molecular flexibility index (Phi) is 2.50. The molecule has 0 saturated heterocycles. The van der Waals surface area contributed by atoms with Crippen LogP contribution < -0.4 is 0 Å². The van der Waals surface area contributed by atoms with E-state index in [1.807, 2.05) is 0 Å². The number of rotatable bonds is 1. The van der Waals surface area contributed by atoms with E-state index in [2.05, 4.69) is 9.97 Å². The first-order valence-corrected chi connectivity index (χ1v) is 7.00. The van der Waals surface area contributed by atoms with Gasteiger partial charge in [0.25, 0.3) is 0 Å². The van der Waals surface area contributed by atoms with Gasteiger partial charge in [0.15, 0.2) is 11.6 Å². The van der Waals surface area contributed by atoms with Crippen molar-refractivity contribution in [3.8, 4) is 0 Å². The number of alkyl halides is 1. The summed E-state index contributed by atoms with van der Waals surface area (Å²) >= 11 is 5.78. The molecule has 2 aromatic carbocycles. The number of nitrogens with zero attached hydrogens (tertiary/aromatic N) is 1. The molecule has 1 aliphatic carbocycles. The molecule has 1 aromatic heterocycles. The molecule has 1 aliphatic rings. The number of fused-ring (bicyclic) bond motifs is 4. The number of hydrogen-bond acceptors (Lipinski definition) is 3. The third-order valence-corrected chi connectivity index (χ3v) is 3.97. The van der Waals surface area contributed by atoms with Crippen LogP contribution in [-0.4, -0.2) is 21.5 Å². The average Bonchev–Trinajstić information content (AvgIpc) is 2.95. The largest absolute Gasteiger partial charge is 0.341 e. The van der Waals surface area contributed by atoms with E-state index in [0.717, 1.165) is 0 Å². The van der Waals surface area contributed by atoms with Gasteiger partial charge in [-0.05, 0) is 12.1 Å². The number of carbonyl (C=O) groups is 2. The third kappa shape index (κ3) is 1.59. The maximum absolute atomic E-state index is 12.7. The Hall–Kier alpha value is -2.46. The lowest BCUT2D eigenvalue weighted by molar-refractivity contribution is 0.0980. The molecule has 4 nitrogen and oxygen atoms in total. The molecule has 0 fully saturated rings. The van der Waals surface area contributed by atoms with E-state index in [0.29, 0.717) is 39.1 Å². The summed E-state index contributed by atoms with van der Waals surface area (Å²) in [6.45, 7) is 0. The molecule has 0 radical (unpaired) electrons. The second-order valence-electron chi connectivity index (χ2n) is 4.91. The van der Waals surface area contributed by atoms with Gasteiger partial charge in [0.2, 0.25) is 0 Å². The standard InChI is InChI=1S/C16H9ClN2O2/c17-7-12-18-11-6-5-10-13(14(11)19-12)16(21)9-4-2-1-3-8(9)15(10)20/h1-6H,7H2,(H,18,19). The van der Waals surface area contributed by atoms with Crippen molar-refractivity contribution in [1.82, 2.24) is 9.97 Å². The van der Waals surface area contributed by atoms with Gasteiger partial charge in [-0.3, -0.25) is 9.59 Å². The van der Waals surface area contributed by atoms with Gasteiger partial charge in [-0.2, -0.15) is 0 Å². The van der Waals surface area contributed by atoms with Gasteiger partial charge in [0.05, 0.1) is 17.0 Å². The first kappa shape index (κ1) is 12.3. The Morgan fingerprint density at radius 3 is 2.38 bits per heavy atom.